The van der Waals surface area contributed by atoms with E-state index in [1.54, 1.807) is 30.0 Å². The van der Waals surface area contributed by atoms with E-state index in [0.717, 1.165) is 0 Å². The molecular formula is C19H19N7O2. The fourth-order valence-corrected chi connectivity index (χ4v) is 3.36. The monoisotopic (exact) mass is 377 g/mol. The molecule has 0 radical (unpaired) electrons. The van der Waals surface area contributed by atoms with Crippen LogP contribution in [0.5, 0.6) is 0 Å². The summed E-state index contributed by atoms with van der Waals surface area (Å²) in [5.41, 5.74) is 1.01. The molecule has 9 nitrogen and oxygen atoms in total. The lowest BCUT2D eigenvalue weighted by molar-refractivity contribution is 0.0723. The molecule has 0 spiro atoms. The van der Waals surface area contributed by atoms with Gasteiger partial charge in [0.25, 0.3) is 11.8 Å². The van der Waals surface area contributed by atoms with Crippen LogP contribution in [0.4, 0.5) is 0 Å². The van der Waals surface area contributed by atoms with E-state index in [1.165, 1.54) is 12.4 Å². The van der Waals surface area contributed by atoms with Gasteiger partial charge in [-0.3, -0.25) is 14.7 Å². The summed E-state index contributed by atoms with van der Waals surface area (Å²) in [4.78, 5) is 31.6. The molecule has 1 fully saturated rings. The second-order valence-corrected chi connectivity index (χ2v) is 6.66. The van der Waals surface area contributed by atoms with Gasteiger partial charge in [-0.05, 0) is 31.5 Å². The molecule has 4 rings (SSSR count). The molecule has 3 heterocycles. The smallest absolute Gasteiger partial charge is 0.256 e. The zero-order chi connectivity index (χ0) is 19.5. The molecule has 0 bridgehead atoms. The first-order valence-electron chi connectivity index (χ1n) is 8.94. The van der Waals surface area contributed by atoms with Crippen LogP contribution in [0.15, 0.2) is 48.8 Å². The molecular weight excluding hydrogens is 358 g/mol. The van der Waals surface area contributed by atoms with Crippen molar-refractivity contribution in [2.45, 2.75) is 25.4 Å². The summed E-state index contributed by atoms with van der Waals surface area (Å²) in [5, 5.41) is 17.6. The molecule has 2 N–H and O–H groups in total. The van der Waals surface area contributed by atoms with E-state index in [1.807, 2.05) is 18.2 Å². The van der Waals surface area contributed by atoms with Gasteiger partial charge in [-0.2, -0.15) is 15.3 Å². The Balaban J connectivity index is 1.56. The van der Waals surface area contributed by atoms with Crippen LogP contribution in [0, 0.1) is 6.92 Å². The van der Waals surface area contributed by atoms with Crippen LogP contribution < -0.4 is 5.32 Å². The van der Waals surface area contributed by atoms with Gasteiger partial charge in [0.15, 0.2) is 5.82 Å². The topological polar surface area (TPSA) is 117 Å². The predicted molar refractivity (Wildman–Crippen MR) is 99.2 cm³/mol. The molecule has 1 aromatic carbocycles. The fourth-order valence-electron chi connectivity index (χ4n) is 3.36. The van der Waals surface area contributed by atoms with Crippen molar-refractivity contribution in [3.8, 4) is 0 Å². The Hall–Kier alpha value is -3.62. The second kappa shape index (κ2) is 7.55. The highest BCUT2D eigenvalue weighted by molar-refractivity contribution is 5.95. The normalized spacial score (nSPS) is 18.8. The van der Waals surface area contributed by atoms with Crippen LogP contribution in [-0.2, 0) is 0 Å². The van der Waals surface area contributed by atoms with E-state index in [9.17, 15) is 9.59 Å². The van der Waals surface area contributed by atoms with Crippen molar-refractivity contribution >= 4 is 11.8 Å². The second-order valence-electron chi connectivity index (χ2n) is 6.66. The van der Waals surface area contributed by atoms with Gasteiger partial charge in [-0.1, -0.05) is 18.2 Å². The van der Waals surface area contributed by atoms with Gasteiger partial charge in [0, 0.05) is 18.2 Å². The van der Waals surface area contributed by atoms with Gasteiger partial charge < -0.3 is 10.2 Å². The first kappa shape index (κ1) is 17.8. The minimum atomic E-state index is -0.341. The SMILES string of the molecule is Cc1nc([C@@H]2C[C@H](NC(=O)c3ccccc3)CN2C(=O)c2ccnnc2)n[nH]1. The highest BCUT2D eigenvalue weighted by Crippen LogP contribution is 2.31. The van der Waals surface area contributed by atoms with Gasteiger partial charge in [-0.15, -0.1) is 0 Å². The number of amides is 2. The first-order chi connectivity index (χ1) is 13.6. The first-order valence-corrected chi connectivity index (χ1v) is 8.94. The van der Waals surface area contributed by atoms with Crippen molar-refractivity contribution in [3.63, 3.8) is 0 Å². The molecule has 9 heteroatoms. The van der Waals surface area contributed by atoms with Gasteiger partial charge in [0.2, 0.25) is 0 Å². The van der Waals surface area contributed by atoms with Crippen molar-refractivity contribution < 1.29 is 9.59 Å². The lowest BCUT2D eigenvalue weighted by atomic mass is 10.1. The van der Waals surface area contributed by atoms with Gasteiger partial charge in [0.1, 0.15) is 5.82 Å². The molecule has 0 saturated carbocycles. The maximum atomic E-state index is 13.0. The number of aromatic nitrogens is 5. The Morgan fingerprint density at radius 2 is 1.96 bits per heavy atom. The average molecular weight is 377 g/mol. The summed E-state index contributed by atoms with van der Waals surface area (Å²) < 4.78 is 0. The summed E-state index contributed by atoms with van der Waals surface area (Å²) in [6.45, 7) is 2.16. The number of aromatic amines is 1. The Labute approximate surface area is 161 Å². The molecule has 3 aromatic rings. The van der Waals surface area contributed by atoms with Crippen LogP contribution in [0.25, 0.3) is 0 Å². The van der Waals surface area contributed by atoms with Crippen molar-refractivity contribution in [1.29, 1.82) is 0 Å². The molecule has 1 saturated heterocycles. The Morgan fingerprint density at radius 1 is 1.14 bits per heavy atom. The van der Waals surface area contributed by atoms with Crippen LogP contribution in [0.2, 0.25) is 0 Å². The number of hydrogen-bond acceptors (Lipinski definition) is 6. The minimum Gasteiger partial charge on any atom is -0.347 e. The summed E-state index contributed by atoms with van der Waals surface area (Å²) in [6.07, 6.45) is 3.43. The number of H-pyrrole nitrogens is 1. The standard InChI is InChI=1S/C19H19N7O2/c1-12-22-17(25-24-12)16-9-15(23-18(27)13-5-3-2-4-6-13)11-26(16)19(28)14-7-8-20-21-10-14/h2-8,10,15-16H,9,11H2,1H3,(H,23,27)(H,22,24,25)/t15-,16-/m0/s1. The van der Waals surface area contributed by atoms with Crippen molar-refractivity contribution in [3.05, 3.63) is 71.6 Å². The lowest BCUT2D eigenvalue weighted by Gasteiger charge is -2.22. The minimum absolute atomic E-state index is 0.171. The molecule has 2 aromatic heterocycles. The Bertz CT molecular complexity index is 974. The third-order valence-electron chi connectivity index (χ3n) is 4.68. The molecule has 28 heavy (non-hydrogen) atoms. The summed E-state index contributed by atoms with van der Waals surface area (Å²) >= 11 is 0. The number of nitrogens with zero attached hydrogens (tertiary/aromatic N) is 5. The number of likely N-dealkylation sites (tertiary alicyclic amines) is 1. The molecule has 142 valence electrons. The van der Waals surface area contributed by atoms with E-state index in [4.69, 9.17) is 0 Å². The quantitative estimate of drug-likeness (QED) is 0.708. The third-order valence-corrected chi connectivity index (χ3v) is 4.68. The largest absolute Gasteiger partial charge is 0.347 e. The number of rotatable bonds is 4. The third kappa shape index (κ3) is 3.59. The number of benzene rings is 1. The molecule has 2 atom stereocenters. The average Bonchev–Trinajstić information content (AvgIpc) is 3.35. The number of hydrogen-bond donors (Lipinski definition) is 2. The highest BCUT2D eigenvalue weighted by atomic mass is 16.2. The molecule has 0 unspecified atom stereocenters. The maximum Gasteiger partial charge on any atom is 0.256 e. The summed E-state index contributed by atoms with van der Waals surface area (Å²) in [7, 11) is 0. The van der Waals surface area contributed by atoms with Gasteiger partial charge >= 0.3 is 0 Å². The number of aryl methyl sites for hydroxylation is 1. The van der Waals surface area contributed by atoms with E-state index in [2.05, 4.69) is 30.7 Å². The van der Waals surface area contributed by atoms with E-state index >= 15 is 0 Å². The van der Waals surface area contributed by atoms with Crippen LogP contribution >= 0.6 is 0 Å². The Morgan fingerprint density at radius 3 is 2.64 bits per heavy atom. The van der Waals surface area contributed by atoms with Crippen molar-refractivity contribution in [2.75, 3.05) is 6.54 Å². The van der Waals surface area contributed by atoms with Gasteiger partial charge in [0.05, 0.1) is 24.0 Å². The van der Waals surface area contributed by atoms with Crippen molar-refractivity contribution in [2.24, 2.45) is 0 Å². The molecule has 1 aliphatic rings. The fraction of sp³-hybridized carbons (Fsp3) is 0.263. The van der Waals surface area contributed by atoms with Crippen LogP contribution in [-0.4, -0.2) is 54.7 Å². The van der Waals surface area contributed by atoms with E-state index in [0.29, 0.717) is 35.7 Å². The van der Waals surface area contributed by atoms with E-state index < -0.39 is 0 Å². The number of nitrogens with one attached hydrogen (secondary N) is 2. The molecule has 0 aliphatic carbocycles. The van der Waals surface area contributed by atoms with Gasteiger partial charge in [-0.25, -0.2) is 4.98 Å². The lowest BCUT2D eigenvalue weighted by Crippen LogP contribution is -2.38. The van der Waals surface area contributed by atoms with Crippen molar-refractivity contribution in [1.82, 2.24) is 35.6 Å². The summed E-state index contributed by atoms with van der Waals surface area (Å²) in [6, 6.07) is 10.1. The predicted octanol–water partition coefficient (Wildman–Crippen LogP) is 1.29. The zero-order valence-corrected chi connectivity index (χ0v) is 15.2. The zero-order valence-electron chi connectivity index (χ0n) is 15.2. The number of carbonyl (C=O) groups is 2. The van der Waals surface area contributed by atoms with E-state index in [-0.39, 0.29) is 23.9 Å². The molecule has 1 aliphatic heterocycles. The van der Waals surface area contributed by atoms with Crippen LogP contribution in [0.1, 0.15) is 44.8 Å². The summed E-state index contributed by atoms with van der Waals surface area (Å²) in [5.74, 6) is 0.836. The number of carbonyl (C=O) groups excluding carboxylic acids is 2. The highest BCUT2D eigenvalue weighted by Gasteiger charge is 2.39. The van der Waals surface area contributed by atoms with Crippen LogP contribution in [0.3, 0.4) is 0 Å². The maximum absolute atomic E-state index is 13.0. The Kier molecular flexibility index (Phi) is 4.79. The molecule has 2 amide bonds.